The fraction of sp³-hybridized carbons (Fsp3) is 0.222. The molecule has 0 saturated carbocycles. The van der Waals surface area contributed by atoms with Crippen LogP contribution in [-0.4, -0.2) is 29.3 Å². The van der Waals surface area contributed by atoms with Crippen LogP contribution in [0.5, 0.6) is 11.5 Å². The van der Waals surface area contributed by atoms with Crippen LogP contribution in [0.4, 0.5) is 10.1 Å². The molecule has 0 radical (unpaired) electrons. The lowest BCUT2D eigenvalue weighted by atomic mass is 9.96. The summed E-state index contributed by atoms with van der Waals surface area (Å²) in [6.07, 6.45) is 1.04. The first-order chi connectivity index (χ1) is 16.5. The summed E-state index contributed by atoms with van der Waals surface area (Å²) in [5.41, 5.74) is 1.72. The van der Waals surface area contributed by atoms with Gasteiger partial charge in [0.1, 0.15) is 29.8 Å². The molecule has 172 valence electrons. The van der Waals surface area contributed by atoms with Crippen LogP contribution in [0.1, 0.15) is 18.4 Å². The summed E-state index contributed by atoms with van der Waals surface area (Å²) in [5, 5.41) is 11.8. The Hall–Kier alpha value is -4.18. The second-order valence-corrected chi connectivity index (χ2v) is 8.26. The number of rotatable bonds is 7. The van der Waals surface area contributed by atoms with E-state index in [1.54, 1.807) is 24.3 Å². The Labute approximate surface area is 197 Å². The monoisotopic (exact) mass is 457 g/mol. The maximum atomic E-state index is 13.1. The second kappa shape index (κ2) is 10.6. The van der Waals surface area contributed by atoms with E-state index in [-0.39, 0.29) is 30.0 Å². The van der Waals surface area contributed by atoms with Crippen molar-refractivity contribution in [1.82, 2.24) is 4.90 Å². The van der Waals surface area contributed by atoms with Crippen molar-refractivity contribution >= 4 is 17.5 Å². The zero-order valence-corrected chi connectivity index (χ0v) is 18.5. The maximum absolute atomic E-state index is 13.1. The first kappa shape index (κ1) is 23.0. The number of likely N-dealkylation sites (tertiary alicyclic amines) is 1. The highest BCUT2D eigenvalue weighted by atomic mass is 19.1. The lowest BCUT2D eigenvalue weighted by Gasteiger charge is -2.23. The summed E-state index contributed by atoms with van der Waals surface area (Å²) in [6, 6.07) is 23.7. The third-order valence-corrected chi connectivity index (χ3v) is 5.78. The van der Waals surface area contributed by atoms with Gasteiger partial charge in [0.15, 0.2) is 0 Å². The third kappa shape index (κ3) is 5.78. The van der Waals surface area contributed by atoms with E-state index in [1.807, 2.05) is 36.4 Å². The number of nitriles is 1. The Kier molecular flexibility index (Phi) is 7.19. The van der Waals surface area contributed by atoms with E-state index < -0.39 is 6.04 Å². The minimum absolute atomic E-state index is 0.132. The number of ether oxygens (including phenoxy) is 1. The lowest BCUT2D eigenvalue weighted by molar-refractivity contribution is -0.135. The quantitative estimate of drug-likeness (QED) is 0.545. The summed E-state index contributed by atoms with van der Waals surface area (Å²) in [7, 11) is 0. The molecule has 6 nitrogen and oxygen atoms in total. The van der Waals surface area contributed by atoms with Crippen molar-refractivity contribution in [3.8, 4) is 17.6 Å². The van der Waals surface area contributed by atoms with Gasteiger partial charge in [0, 0.05) is 12.2 Å². The van der Waals surface area contributed by atoms with Gasteiger partial charge in [-0.1, -0.05) is 30.3 Å². The summed E-state index contributed by atoms with van der Waals surface area (Å²) in [5.74, 6) is 0.215. The molecular formula is C27H24FN3O3. The van der Waals surface area contributed by atoms with Crippen LogP contribution in [0.2, 0.25) is 0 Å². The van der Waals surface area contributed by atoms with Gasteiger partial charge in [0.2, 0.25) is 11.8 Å². The zero-order chi connectivity index (χ0) is 23.9. The van der Waals surface area contributed by atoms with Gasteiger partial charge in [0.25, 0.3) is 0 Å². The van der Waals surface area contributed by atoms with Crippen LogP contribution in [0.3, 0.4) is 0 Å². The average Bonchev–Trinajstić information content (AvgIpc) is 3.27. The van der Waals surface area contributed by atoms with Crippen molar-refractivity contribution in [3.05, 3.63) is 90.2 Å². The van der Waals surface area contributed by atoms with Gasteiger partial charge in [-0.2, -0.15) is 5.26 Å². The minimum Gasteiger partial charge on any atom is -0.457 e. The number of hydrogen-bond donors (Lipinski definition) is 1. The van der Waals surface area contributed by atoms with Crippen LogP contribution in [0.15, 0.2) is 78.9 Å². The van der Waals surface area contributed by atoms with E-state index in [9.17, 15) is 14.0 Å². The van der Waals surface area contributed by atoms with Crippen molar-refractivity contribution in [2.75, 3.05) is 11.9 Å². The smallest absolute Gasteiger partial charge is 0.247 e. The number of nitrogens with one attached hydrogen (secondary N) is 1. The maximum Gasteiger partial charge on any atom is 0.247 e. The molecule has 1 heterocycles. The van der Waals surface area contributed by atoms with Gasteiger partial charge >= 0.3 is 0 Å². The summed E-state index contributed by atoms with van der Waals surface area (Å²) in [4.78, 5) is 27.1. The van der Waals surface area contributed by atoms with E-state index in [0.29, 0.717) is 30.2 Å². The molecule has 3 aromatic carbocycles. The molecular weight excluding hydrogens is 433 g/mol. The molecule has 1 aliphatic heterocycles. The molecule has 3 aromatic rings. The first-order valence-electron chi connectivity index (χ1n) is 11.1. The van der Waals surface area contributed by atoms with E-state index in [1.165, 1.54) is 29.2 Å². The molecule has 0 aromatic heterocycles. The summed E-state index contributed by atoms with van der Waals surface area (Å²) >= 11 is 0. The standard InChI is InChI=1S/C27H24FN3O3/c28-21-6-10-23(11-7-21)34-24-12-8-22(9-13-24)30-27(33)25-17-20(16-19-4-2-1-3-5-19)18-31(25)26(32)14-15-29/h1-13,20,25H,14,16-18H2,(H,30,33)/t20-,25+/m1/s1. The Morgan fingerprint density at radius 1 is 1.00 bits per heavy atom. The van der Waals surface area contributed by atoms with Gasteiger partial charge in [-0.05, 0) is 72.9 Å². The number of carbonyl (C=O) groups excluding carboxylic acids is 2. The van der Waals surface area contributed by atoms with Gasteiger partial charge in [-0.25, -0.2) is 4.39 Å². The molecule has 2 atom stereocenters. The van der Waals surface area contributed by atoms with Crippen molar-refractivity contribution in [2.45, 2.75) is 25.3 Å². The van der Waals surface area contributed by atoms with Gasteiger partial charge in [-0.3, -0.25) is 9.59 Å². The Morgan fingerprint density at radius 3 is 2.29 bits per heavy atom. The van der Waals surface area contributed by atoms with E-state index in [2.05, 4.69) is 5.32 Å². The Morgan fingerprint density at radius 2 is 1.65 bits per heavy atom. The highest BCUT2D eigenvalue weighted by Gasteiger charge is 2.39. The third-order valence-electron chi connectivity index (χ3n) is 5.78. The van der Waals surface area contributed by atoms with Crippen molar-refractivity contribution < 1.29 is 18.7 Å². The number of amides is 2. The van der Waals surface area contributed by atoms with Gasteiger partial charge in [0.05, 0.1) is 6.07 Å². The normalized spacial score (nSPS) is 17.1. The number of benzene rings is 3. The van der Waals surface area contributed by atoms with E-state index in [0.717, 1.165) is 12.0 Å². The zero-order valence-electron chi connectivity index (χ0n) is 18.5. The molecule has 34 heavy (non-hydrogen) atoms. The van der Waals surface area contributed by atoms with Gasteiger partial charge < -0.3 is 15.0 Å². The molecule has 0 bridgehead atoms. The summed E-state index contributed by atoms with van der Waals surface area (Å²) < 4.78 is 18.7. The number of hydrogen-bond acceptors (Lipinski definition) is 4. The number of anilines is 1. The molecule has 0 unspecified atom stereocenters. The molecule has 2 amide bonds. The minimum atomic E-state index is -0.635. The van der Waals surface area contributed by atoms with Crippen LogP contribution in [-0.2, 0) is 16.0 Å². The number of nitrogens with zero attached hydrogens (tertiary/aromatic N) is 2. The number of carbonyl (C=O) groups is 2. The van der Waals surface area contributed by atoms with Crippen molar-refractivity contribution in [3.63, 3.8) is 0 Å². The van der Waals surface area contributed by atoms with Crippen LogP contribution >= 0.6 is 0 Å². The van der Waals surface area contributed by atoms with Crippen molar-refractivity contribution in [2.24, 2.45) is 5.92 Å². The SMILES string of the molecule is N#CCC(=O)N1C[C@H](Cc2ccccc2)C[C@H]1C(=O)Nc1ccc(Oc2ccc(F)cc2)cc1. The van der Waals surface area contributed by atoms with E-state index in [4.69, 9.17) is 10.00 Å². The Balaban J connectivity index is 1.41. The molecule has 1 saturated heterocycles. The summed E-state index contributed by atoms with van der Waals surface area (Å²) in [6.45, 7) is 0.442. The van der Waals surface area contributed by atoms with Crippen LogP contribution < -0.4 is 10.1 Å². The fourth-order valence-corrected chi connectivity index (χ4v) is 4.18. The van der Waals surface area contributed by atoms with Gasteiger partial charge in [-0.15, -0.1) is 0 Å². The van der Waals surface area contributed by atoms with Crippen LogP contribution in [0.25, 0.3) is 0 Å². The van der Waals surface area contributed by atoms with E-state index >= 15 is 0 Å². The molecule has 1 aliphatic rings. The molecule has 1 N–H and O–H groups in total. The predicted molar refractivity (Wildman–Crippen MR) is 126 cm³/mol. The first-order valence-corrected chi connectivity index (χ1v) is 11.1. The molecule has 0 spiro atoms. The topological polar surface area (TPSA) is 82.4 Å². The number of halogens is 1. The Bertz CT molecular complexity index is 1170. The highest BCUT2D eigenvalue weighted by Crippen LogP contribution is 2.29. The lowest BCUT2D eigenvalue weighted by Crippen LogP contribution is -2.43. The molecule has 4 rings (SSSR count). The predicted octanol–water partition coefficient (Wildman–Crippen LogP) is 4.93. The second-order valence-electron chi connectivity index (χ2n) is 8.26. The molecule has 1 fully saturated rings. The largest absolute Gasteiger partial charge is 0.457 e. The average molecular weight is 458 g/mol. The fourth-order valence-electron chi connectivity index (χ4n) is 4.18. The molecule has 7 heteroatoms. The van der Waals surface area contributed by atoms with Crippen molar-refractivity contribution in [1.29, 1.82) is 5.26 Å². The van der Waals surface area contributed by atoms with Crippen LogP contribution in [0, 0.1) is 23.1 Å². The molecule has 0 aliphatic carbocycles. The highest BCUT2D eigenvalue weighted by molar-refractivity contribution is 5.97.